The Hall–Kier alpha value is -1.65. The molecule has 1 aromatic heterocycles. The van der Waals surface area contributed by atoms with E-state index in [4.69, 9.17) is 4.74 Å². The molecule has 1 heterocycles. The van der Waals surface area contributed by atoms with Crippen LogP contribution in [0.2, 0.25) is 0 Å². The Kier molecular flexibility index (Phi) is 3.87. The van der Waals surface area contributed by atoms with Crippen LogP contribution in [0.1, 0.15) is 63.5 Å². The summed E-state index contributed by atoms with van der Waals surface area (Å²) in [6.45, 7) is 7.41. The SMILES string of the molecule is Cc1c(C)c(O)n(CC(=O)OC(C)(C)C23CC4CC(CC(C4)C2)C3)c1O. The van der Waals surface area contributed by atoms with E-state index in [1.807, 2.05) is 0 Å². The first-order valence-electron chi connectivity index (χ1n) is 9.91. The molecule has 144 valence electrons. The van der Waals surface area contributed by atoms with Crippen LogP contribution in [0, 0.1) is 37.0 Å². The summed E-state index contributed by atoms with van der Waals surface area (Å²) >= 11 is 0. The van der Waals surface area contributed by atoms with Crippen LogP contribution in [0.4, 0.5) is 0 Å². The third kappa shape index (κ3) is 2.54. The Labute approximate surface area is 155 Å². The number of carbonyl (C=O) groups excluding carboxylic acids is 1. The third-order valence-electron chi connectivity index (χ3n) is 7.72. The molecular formula is C21H31NO4. The van der Waals surface area contributed by atoms with Crippen LogP contribution in [0.25, 0.3) is 0 Å². The number of aromatic hydroxyl groups is 2. The van der Waals surface area contributed by atoms with Gasteiger partial charge in [0.1, 0.15) is 12.1 Å². The van der Waals surface area contributed by atoms with Crippen LogP contribution >= 0.6 is 0 Å². The van der Waals surface area contributed by atoms with E-state index in [0.717, 1.165) is 17.8 Å². The Morgan fingerprint density at radius 1 is 1.04 bits per heavy atom. The van der Waals surface area contributed by atoms with Crippen LogP contribution < -0.4 is 0 Å². The lowest BCUT2D eigenvalue weighted by Gasteiger charge is -2.61. The van der Waals surface area contributed by atoms with Crippen molar-refractivity contribution in [1.82, 2.24) is 4.57 Å². The molecule has 26 heavy (non-hydrogen) atoms. The molecule has 0 unspecified atom stereocenters. The standard InChI is InChI=1S/C21H31NO4/c1-12-13(2)19(25)22(18(12)24)11-17(23)26-20(3,4)21-8-14-5-15(9-21)7-16(6-14)10-21/h14-16,24-25H,5-11H2,1-4H3. The van der Waals surface area contributed by atoms with E-state index < -0.39 is 11.6 Å². The van der Waals surface area contributed by atoms with Gasteiger partial charge in [0.15, 0.2) is 11.8 Å². The lowest BCUT2D eigenvalue weighted by atomic mass is 9.46. The highest BCUT2D eigenvalue weighted by Crippen LogP contribution is 2.64. The van der Waals surface area contributed by atoms with Gasteiger partial charge in [0.05, 0.1) is 0 Å². The smallest absolute Gasteiger partial charge is 0.326 e. The number of nitrogens with zero attached hydrogens (tertiary/aromatic N) is 1. The van der Waals surface area contributed by atoms with E-state index in [2.05, 4.69) is 13.8 Å². The largest absolute Gasteiger partial charge is 0.494 e. The number of esters is 1. The van der Waals surface area contributed by atoms with Crippen molar-refractivity contribution in [1.29, 1.82) is 0 Å². The molecule has 0 aliphatic heterocycles. The van der Waals surface area contributed by atoms with Crippen molar-refractivity contribution in [3.8, 4) is 11.8 Å². The van der Waals surface area contributed by atoms with E-state index >= 15 is 0 Å². The summed E-state index contributed by atoms with van der Waals surface area (Å²) < 4.78 is 7.24. The van der Waals surface area contributed by atoms with Gasteiger partial charge in [0, 0.05) is 16.5 Å². The fraction of sp³-hybridized carbons (Fsp3) is 0.762. The first-order chi connectivity index (χ1) is 12.1. The molecule has 0 amide bonds. The summed E-state index contributed by atoms with van der Waals surface area (Å²) in [7, 11) is 0. The minimum atomic E-state index is -0.525. The predicted octanol–water partition coefficient (Wildman–Crippen LogP) is 4.05. The van der Waals surface area contributed by atoms with Crippen molar-refractivity contribution < 1.29 is 19.7 Å². The van der Waals surface area contributed by atoms with Crippen molar-refractivity contribution in [3.05, 3.63) is 11.1 Å². The van der Waals surface area contributed by atoms with Gasteiger partial charge in [-0.1, -0.05) is 0 Å². The fourth-order valence-corrected chi connectivity index (χ4v) is 6.39. The Balaban J connectivity index is 1.51. The maximum atomic E-state index is 12.7. The fourth-order valence-electron chi connectivity index (χ4n) is 6.39. The summed E-state index contributed by atoms with van der Waals surface area (Å²) in [5, 5.41) is 20.3. The number of rotatable bonds is 4. The van der Waals surface area contributed by atoms with Gasteiger partial charge in [-0.25, -0.2) is 0 Å². The van der Waals surface area contributed by atoms with Gasteiger partial charge in [0.25, 0.3) is 0 Å². The number of aromatic nitrogens is 1. The van der Waals surface area contributed by atoms with Crippen LogP contribution in [0.3, 0.4) is 0 Å². The van der Waals surface area contributed by atoms with Crippen molar-refractivity contribution in [2.24, 2.45) is 23.2 Å². The lowest BCUT2D eigenvalue weighted by Crippen LogP contribution is -2.57. The molecule has 4 aliphatic rings. The molecule has 4 fully saturated rings. The van der Waals surface area contributed by atoms with Gasteiger partial charge < -0.3 is 14.9 Å². The maximum Gasteiger partial charge on any atom is 0.326 e. The molecule has 5 heteroatoms. The highest BCUT2D eigenvalue weighted by atomic mass is 16.6. The number of ether oxygens (including phenoxy) is 1. The molecule has 1 aromatic rings. The highest BCUT2D eigenvalue weighted by molar-refractivity contribution is 5.71. The van der Waals surface area contributed by atoms with Gasteiger partial charge in [-0.3, -0.25) is 9.36 Å². The molecule has 0 saturated heterocycles. The van der Waals surface area contributed by atoms with Gasteiger partial charge in [-0.15, -0.1) is 0 Å². The normalized spacial score (nSPS) is 32.8. The average Bonchev–Trinajstić information content (AvgIpc) is 2.71. The Morgan fingerprint density at radius 3 is 1.88 bits per heavy atom. The Bertz CT molecular complexity index is 685. The van der Waals surface area contributed by atoms with Crippen molar-refractivity contribution in [3.63, 3.8) is 0 Å². The second-order valence-electron chi connectivity index (χ2n) is 9.67. The molecule has 2 N–H and O–H groups in total. The van der Waals surface area contributed by atoms with Crippen LogP contribution in [0.5, 0.6) is 11.8 Å². The van der Waals surface area contributed by atoms with Crippen LogP contribution in [-0.2, 0) is 16.1 Å². The van der Waals surface area contributed by atoms with Gasteiger partial charge in [0.2, 0.25) is 0 Å². The summed E-state index contributed by atoms with van der Waals surface area (Å²) in [6, 6.07) is 0. The van der Waals surface area contributed by atoms with Crippen molar-refractivity contribution in [2.45, 2.75) is 78.4 Å². The van der Waals surface area contributed by atoms with E-state index in [9.17, 15) is 15.0 Å². The Morgan fingerprint density at radius 2 is 1.46 bits per heavy atom. The molecule has 4 aliphatic carbocycles. The number of hydrogen-bond donors (Lipinski definition) is 2. The van der Waals surface area contributed by atoms with Crippen LogP contribution in [-0.4, -0.2) is 26.4 Å². The molecule has 4 saturated carbocycles. The maximum absolute atomic E-state index is 12.7. The second kappa shape index (κ2) is 5.67. The zero-order chi connectivity index (χ0) is 18.9. The van der Waals surface area contributed by atoms with E-state index in [0.29, 0.717) is 11.1 Å². The summed E-state index contributed by atoms with van der Waals surface area (Å²) in [4.78, 5) is 12.7. The second-order valence-corrected chi connectivity index (χ2v) is 9.67. The zero-order valence-corrected chi connectivity index (χ0v) is 16.3. The van der Waals surface area contributed by atoms with Gasteiger partial charge >= 0.3 is 5.97 Å². The molecule has 0 atom stereocenters. The molecule has 0 spiro atoms. The monoisotopic (exact) mass is 361 g/mol. The first-order valence-corrected chi connectivity index (χ1v) is 9.91. The average molecular weight is 361 g/mol. The molecule has 5 nitrogen and oxygen atoms in total. The van der Waals surface area contributed by atoms with Gasteiger partial charge in [-0.2, -0.15) is 0 Å². The van der Waals surface area contributed by atoms with Crippen molar-refractivity contribution >= 4 is 5.97 Å². The molecule has 0 radical (unpaired) electrons. The van der Waals surface area contributed by atoms with Gasteiger partial charge in [-0.05, 0) is 84.0 Å². The number of carbonyl (C=O) groups is 1. The molecule has 0 aromatic carbocycles. The summed E-state index contributed by atoms with van der Waals surface area (Å²) in [5.41, 5.74) is 0.748. The quantitative estimate of drug-likeness (QED) is 0.794. The topological polar surface area (TPSA) is 71.7 Å². The zero-order valence-electron chi connectivity index (χ0n) is 16.3. The minimum absolute atomic E-state index is 0.0652. The first kappa shape index (κ1) is 17.7. The minimum Gasteiger partial charge on any atom is -0.494 e. The van der Waals surface area contributed by atoms with Crippen LogP contribution in [0.15, 0.2) is 0 Å². The molecule has 5 rings (SSSR count). The summed E-state index contributed by atoms with van der Waals surface area (Å²) in [6.07, 6.45) is 7.55. The summed E-state index contributed by atoms with van der Waals surface area (Å²) in [5.74, 6) is 1.85. The van der Waals surface area contributed by atoms with E-state index in [1.165, 1.54) is 43.1 Å². The molecule has 4 bridgehead atoms. The third-order valence-corrected chi connectivity index (χ3v) is 7.72. The predicted molar refractivity (Wildman–Crippen MR) is 98.0 cm³/mol. The van der Waals surface area contributed by atoms with E-state index in [1.54, 1.807) is 13.8 Å². The number of hydrogen-bond acceptors (Lipinski definition) is 4. The highest BCUT2D eigenvalue weighted by Gasteiger charge is 2.58. The van der Waals surface area contributed by atoms with E-state index in [-0.39, 0.29) is 23.7 Å². The molecular weight excluding hydrogens is 330 g/mol. The van der Waals surface area contributed by atoms with Crippen molar-refractivity contribution in [2.75, 3.05) is 0 Å². The lowest BCUT2D eigenvalue weighted by molar-refractivity contribution is -0.199.